The van der Waals surface area contributed by atoms with Crippen LogP contribution < -0.4 is 10.1 Å². The third-order valence-electron chi connectivity index (χ3n) is 4.75. The zero-order chi connectivity index (χ0) is 21.8. The smallest absolute Gasteiger partial charge is 0.329 e. The van der Waals surface area contributed by atoms with Crippen LogP contribution in [0.5, 0.6) is 5.75 Å². The van der Waals surface area contributed by atoms with Crippen molar-refractivity contribution in [3.05, 3.63) is 105 Å². The molecule has 0 atom stereocenters. The molecule has 0 aliphatic carbocycles. The summed E-state index contributed by atoms with van der Waals surface area (Å²) in [5.74, 6) is 0.298. The second-order valence-electron chi connectivity index (χ2n) is 6.96. The molecule has 1 heterocycles. The average molecular weight is 453 g/mol. The first kappa shape index (κ1) is 21.0. The van der Waals surface area contributed by atoms with Gasteiger partial charge in [-0.05, 0) is 41.5 Å². The van der Waals surface area contributed by atoms with Crippen LogP contribution in [0.4, 0.5) is 4.79 Å². The fraction of sp³-hybridized carbons (Fsp3) is 0.0833. The Morgan fingerprint density at radius 3 is 2.39 bits per heavy atom. The van der Waals surface area contributed by atoms with Gasteiger partial charge in [0.25, 0.3) is 5.91 Å². The van der Waals surface area contributed by atoms with Gasteiger partial charge in [0.15, 0.2) is 0 Å². The second kappa shape index (κ2) is 9.25. The van der Waals surface area contributed by atoms with Crippen molar-refractivity contribution in [3.63, 3.8) is 0 Å². The van der Waals surface area contributed by atoms with Gasteiger partial charge in [-0.1, -0.05) is 71.7 Å². The van der Waals surface area contributed by atoms with Crippen molar-refractivity contribution < 1.29 is 14.3 Å². The second-order valence-corrected chi connectivity index (χ2v) is 7.80. The first-order valence-corrected chi connectivity index (χ1v) is 10.3. The van der Waals surface area contributed by atoms with Gasteiger partial charge in [0.2, 0.25) is 0 Å². The zero-order valence-electron chi connectivity index (χ0n) is 16.3. The normalized spacial score (nSPS) is 14.8. The number of amides is 3. The highest BCUT2D eigenvalue weighted by Gasteiger charge is 2.33. The topological polar surface area (TPSA) is 58.6 Å². The molecular formula is C24H18Cl2N2O3. The van der Waals surface area contributed by atoms with E-state index >= 15 is 0 Å². The summed E-state index contributed by atoms with van der Waals surface area (Å²) in [6, 6.07) is 21.4. The Bertz CT molecular complexity index is 1150. The van der Waals surface area contributed by atoms with Crippen molar-refractivity contribution in [2.45, 2.75) is 13.2 Å². The van der Waals surface area contributed by atoms with E-state index in [0.29, 0.717) is 22.4 Å². The van der Waals surface area contributed by atoms with Crippen LogP contribution in [-0.2, 0) is 17.9 Å². The van der Waals surface area contributed by atoms with Gasteiger partial charge >= 0.3 is 6.03 Å². The fourth-order valence-electron chi connectivity index (χ4n) is 3.11. The molecule has 0 unspecified atom stereocenters. The highest BCUT2D eigenvalue weighted by molar-refractivity contribution is 6.35. The molecule has 0 bridgehead atoms. The Morgan fingerprint density at radius 1 is 0.935 bits per heavy atom. The number of carbonyl (C=O) groups is 2. The van der Waals surface area contributed by atoms with E-state index in [1.54, 1.807) is 30.3 Å². The lowest BCUT2D eigenvalue weighted by Gasteiger charge is -2.11. The summed E-state index contributed by atoms with van der Waals surface area (Å²) in [5.41, 5.74) is 2.72. The van der Waals surface area contributed by atoms with Gasteiger partial charge in [0.1, 0.15) is 18.1 Å². The third-order valence-corrected chi connectivity index (χ3v) is 5.33. The zero-order valence-corrected chi connectivity index (χ0v) is 17.9. The monoisotopic (exact) mass is 452 g/mol. The highest BCUT2D eigenvalue weighted by atomic mass is 35.5. The number of hydrogen-bond acceptors (Lipinski definition) is 3. The van der Waals surface area contributed by atoms with E-state index in [-0.39, 0.29) is 18.1 Å². The van der Waals surface area contributed by atoms with Gasteiger partial charge in [-0.2, -0.15) is 0 Å². The Balaban J connectivity index is 1.41. The minimum atomic E-state index is -0.431. The van der Waals surface area contributed by atoms with Gasteiger partial charge in [-0.25, -0.2) is 4.79 Å². The summed E-state index contributed by atoms with van der Waals surface area (Å²) >= 11 is 12.1. The predicted octanol–water partition coefficient (Wildman–Crippen LogP) is 5.67. The summed E-state index contributed by atoms with van der Waals surface area (Å²) in [6.07, 6.45) is 1.64. The van der Waals surface area contributed by atoms with Crippen LogP contribution in [-0.4, -0.2) is 16.8 Å². The number of imide groups is 1. The van der Waals surface area contributed by atoms with Crippen LogP contribution in [0.15, 0.2) is 78.5 Å². The first-order chi connectivity index (χ1) is 15.0. The van der Waals surface area contributed by atoms with Crippen LogP contribution >= 0.6 is 23.2 Å². The molecule has 1 aliphatic rings. The molecule has 1 aliphatic heterocycles. The van der Waals surface area contributed by atoms with Crippen molar-refractivity contribution in [1.82, 2.24) is 10.2 Å². The highest BCUT2D eigenvalue weighted by Crippen LogP contribution is 2.23. The van der Waals surface area contributed by atoms with E-state index < -0.39 is 6.03 Å². The maximum Gasteiger partial charge on any atom is 0.329 e. The number of urea groups is 1. The Hall–Kier alpha value is -3.28. The Morgan fingerprint density at radius 2 is 1.68 bits per heavy atom. The number of halogens is 2. The van der Waals surface area contributed by atoms with Crippen molar-refractivity contribution in [1.29, 1.82) is 0 Å². The molecule has 1 saturated heterocycles. The van der Waals surface area contributed by atoms with E-state index in [9.17, 15) is 9.59 Å². The average Bonchev–Trinajstić information content (AvgIpc) is 3.02. The molecule has 0 spiro atoms. The Kier molecular flexibility index (Phi) is 6.26. The molecule has 0 radical (unpaired) electrons. The lowest BCUT2D eigenvalue weighted by molar-refractivity contribution is -0.123. The van der Waals surface area contributed by atoms with E-state index in [1.165, 1.54) is 4.90 Å². The van der Waals surface area contributed by atoms with E-state index in [4.69, 9.17) is 27.9 Å². The quantitative estimate of drug-likeness (QED) is 0.387. The lowest BCUT2D eigenvalue weighted by atomic mass is 10.1. The first-order valence-electron chi connectivity index (χ1n) is 9.55. The predicted molar refractivity (Wildman–Crippen MR) is 121 cm³/mol. The maximum absolute atomic E-state index is 12.6. The van der Waals surface area contributed by atoms with Gasteiger partial charge in [-0.15, -0.1) is 0 Å². The Labute approximate surface area is 189 Å². The van der Waals surface area contributed by atoms with Crippen LogP contribution in [0.25, 0.3) is 6.08 Å². The summed E-state index contributed by atoms with van der Waals surface area (Å²) in [7, 11) is 0. The molecule has 7 heteroatoms. The van der Waals surface area contributed by atoms with Crippen LogP contribution in [0, 0.1) is 0 Å². The van der Waals surface area contributed by atoms with Gasteiger partial charge in [0.05, 0.1) is 6.54 Å². The minimum Gasteiger partial charge on any atom is -0.489 e. The van der Waals surface area contributed by atoms with Crippen LogP contribution in [0.3, 0.4) is 0 Å². The molecule has 3 amide bonds. The number of carbonyl (C=O) groups excluding carboxylic acids is 2. The largest absolute Gasteiger partial charge is 0.489 e. The summed E-state index contributed by atoms with van der Waals surface area (Å²) in [5, 5.41) is 3.75. The molecule has 1 fully saturated rings. The summed E-state index contributed by atoms with van der Waals surface area (Å²) in [4.78, 5) is 26.0. The minimum absolute atomic E-state index is 0.225. The number of rotatable bonds is 6. The van der Waals surface area contributed by atoms with Gasteiger partial charge in [-0.3, -0.25) is 9.69 Å². The fourth-order valence-corrected chi connectivity index (χ4v) is 3.57. The molecular weight excluding hydrogens is 435 g/mol. The lowest BCUT2D eigenvalue weighted by Crippen LogP contribution is -2.30. The summed E-state index contributed by atoms with van der Waals surface area (Å²) < 4.78 is 5.77. The number of ether oxygens (including phenoxy) is 1. The van der Waals surface area contributed by atoms with Crippen molar-refractivity contribution in [2.75, 3.05) is 0 Å². The molecule has 3 aromatic rings. The number of hydrogen-bond donors (Lipinski definition) is 1. The molecule has 0 aromatic heterocycles. The van der Waals surface area contributed by atoms with Crippen LogP contribution in [0.1, 0.15) is 16.7 Å². The van der Waals surface area contributed by atoms with Gasteiger partial charge < -0.3 is 10.1 Å². The van der Waals surface area contributed by atoms with Gasteiger partial charge in [0, 0.05) is 15.6 Å². The molecule has 0 saturated carbocycles. The SMILES string of the molecule is O=C1N/C(=C/c2ccc(OCc3ccc(Cl)cc3Cl)cc2)C(=O)N1Cc1ccccc1. The number of benzene rings is 3. The maximum atomic E-state index is 12.6. The number of nitrogens with zero attached hydrogens (tertiary/aromatic N) is 1. The standard InChI is InChI=1S/C24H18Cl2N2O3/c25-19-9-8-18(21(26)13-19)15-31-20-10-6-16(7-11-20)12-22-23(29)28(24(30)27-22)14-17-4-2-1-3-5-17/h1-13H,14-15H2,(H,27,30)/b22-12+. The van der Waals surface area contributed by atoms with E-state index in [2.05, 4.69) is 5.32 Å². The molecule has 156 valence electrons. The van der Waals surface area contributed by atoms with E-state index in [1.807, 2.05) is 48.5 Å². The third kappa shape index (κ3) is 5.08. The van der Waals surface area contributed by atoms with Crippen molar-refractivity contribution in [2.24, 2.45) is 0 Å². The molecule has 3 aromatic carbocycles. The van der Waals surface area contributed by atoms with E-state index in [0.717, 1.165) is 16.7 Å². The summed E-state index contributed by atoms with van der Waals surface area (Å²) in [6.45, 7) is 0.530. The molecule has 1 N–H and O–H groups in total. The molecule has 5 nitrogen and oxygen atoms in total. The van der Waals surface area contributed by atoms with Crippen molar-refractivity contribution in [3.8, 4) is 5.75 Å². The molecule has 4 rings (SSSR count). The van der Waals surface area contributed by atoms with Crippen LogP contribution in [0.2, 0.25) is 10.0 Å². The van der Waals surface area contributed by atoms with Crippen molar-refractivity contribution >= 4 is 41.2 Å². The molecule has 31 heavy (non-hydrogen) atoms. The number of nitrogens with one attached hydrogen (secondary N) is 1.